The second-order valence-corrected chi connectivity index (χ2v) is 10.2. The molecule has 0 saturated carbocycles. The number of fused-ring (bicyclic) bond motifs is 1. The number of carbonyl (C=O) groups is 2. The van der Waals surface area contributed by atoms with Crippen LogP contribution in [0.15, 0.2) is 60.8 Å². The van der Waals surface area contributed by atoms with E-state index in [1.54, 1.807) is 0 Å². The number of nitrogens with one attached hydrogen (secondary N) is 2. The van der Waals surface area contributed by atoms with Crippen LogP contribution in [0.1, 0.15) is 36.2 Å². The number of carbonyl (C=O) groups excluding carboxylic acids is 2. The van der Waals surface area contributed by atoms with E-state index in [1.165, 1.54) is 0 Å². The van der Waals surface area contributed by atoms with Gasteiger partial charge in [0.25, 0.3) is 5.91 Å². The first-order valence-corrected chi connectivity index (χ1v) is 14.2. The number of nitrogens with zero attached hydrogens (tertiary/aromatic N) is 6. The average molecular weight is 555 g/mol. The maximum Gasteiger partial charge on any atom is 0.319 e. The lowest BCUT2D eigenvalue weighted by Crippen LogP contribution is -2.39. The highest BCUT2D eigenvalue weighted by molar-refractivity contribution is 5.94. The number of hydrogen-bond acceptors (Lipinski definition) is 7. The predicted octanol–water partition coefficient (Wildman–Crippen LogP) is 3.95. The summed E-state index contributed by atoms with van der Waals surface area (Å²) in [7, 11) is 0. The van der Waals surface area contributed by atoms with Crippen molar-refractivity contribution in [3.63, 3.8) is 0 Å². The molecule has 2 saturated heterocycles. The molecule has 6 rings (SSSR count). The van der Waals surface area contributed by atoms with E-state index in [0.717, 1.165) is 53.9 Å². The number of ether oxygens (including phenoxy) is 1. The number of amides is 3. The number of morpholine rings is 1. The van der Waals surface area contributed by atoms with Gasteiger partial charge in [-0.3, -0.25) is 4.79 Å². The monoisotopic (exact) mass is 554 g/mol. The van der Waals surface area contributed by atoms with E-state index in [0.29, 0.717) is 44.4 Å². The molecule has 4 aromatic rings. The van der Waals surface area contributed by atoms with E-state index in [4.69, 9.17) is 19.8 Å². The predicted molar refractivity (Wildman–Crippen MR) is 157 cm³/mol. The van der Waals surface area contributed by atoms with Crippen molar-refractivity contribution < 1.29 is 14.3 Å². The Labute approximate surface area is 238 Å². The van der Waals surface area contributed by atoms with Crippen molar-refractivity contribution in [3.8, 4) is 11.4 Å². The molecule has 11 nitrogen and oxygen atoms in total. The molecule has 0 radical (unpaired) electrons. The van der Waals surface area contributed by atoms with Crippen LogP contribution < -0.4 is 15.5 Å². The van der Waals surface area contributed by atoms with Gasteiger partial charge >= 0.3 is 6.03 Å². The molecule has 3 amide bonds. The van der Waals surface area contributed by atoms with E-state index >= 15 is 0 Å². The van der Waals surface area contributed by atoms with Crippen molar-refractivity contribution in [3.05, 3.63) is 66.4 Å². The molecular weight excluding hydrogens is 520 g/mol. The van der Waals surface area contributed by atoms with Gasteiger partial charge in [0, 0.05) is 49.5 Å². The second kappa shape index (κ2) is 11.9. The Balaban J connectivity index is 1.28. The van der Waals surface area contributed by atoms with Crippen molar-refractivity contribution in [1.29, 1.82) is 0 Å². The van der Waals surface area contributed by atoms with Crippen LogP contribution in [0.4, 0.5) is 16.3 Å². The minimum absolute atomic E-state index is 0.0682. The van der Waals surface area contributed by atoms with E-state index in [2.05, 4.69) is 15.5 Å². The van der Waals surface area contributed by atoms with Crippen LogP contribution in [0.3, 0.4) is 0 Å². The lowest BCUT2D eigenvalue weighted by molar-refractivity contribution is 0.0691. The Morgan fingerprint density at radius 2 is 1.68 bits per heavy atom. The van der Waals surface area contributed by atoms with Crippen molar-refractivity contribution in [1.82, 2.24) is 30.0 Å². The topological polar surface area (TPSA) is 118 Å². The molecule has 11 heteroatoms. The molecule has 212 valence electrons. The Hall–Kier alpha value is -4.51. The molecule has 0 spiro atoms. The van der Waals surface area contributed by atoms with Gasteiger partial charge in [0.05, 0.1) is 30.8 Å². The van der Waals surface area contributed by atoms with E-state index in [9.17, 15) is 9.59 Å². The number of anilines is 2. The van der Waals surface area contributed by atoms with Crippen LogP contribution in [0.5, 0.6) is 0 Å². The Morgan fingerprint density at radius 3 is 2.39 bits per heavy atom. The standard InChI is InChI=1S/C30H34N8O3/c1-2-31-30(40)33-23-10-8-21(9-11-23)26-34-27(36-16-18-41-19-17-36)25-20-32-38(28(25)35-26)24-12-14-37(15-13-24)29(39)22-6-4-3-5-7-22/h3-11,20,24H,2,12-19H2,1H3,(H2,31,33,40). The van der Waals surface area contributed by atoms with Crippen molar-refractivity contribution in [2.24, 2.45) is 0 Å². The highest BCUT2D eigenvalue weighted by Crippen LogP contribution is 2.32. The van der Waals surface area contributed by atoms with Crippen LogP contribution in [0, 0.1) is 0 Å². The van der Waals surface area contributed by atoms with Gasteiger partial charge in [0.1, 0.15) is 5.82 Å². The molecule has 2 fully saturated rings. The van der Waals surface area contributed by atoms with Crippen molar-refractivity contribution >= 4 is 34.5 Å². The van der Waals surface area contributed by atoms with Crippen LogP contribution in [-0.2, 0) is 4.74 Å². The fraction of sp³-hybridized carbons (Fsp3) is 0.367. The third-order valence-electron chi connectivity index (χ3n) is 7.60. The number of aromatic nitrogens is 4. The minimum Gasteiger partial charge on any atom is -0.378 e. The minimum atomic E-state index is -0.243. The summed E-state index contributed by atoms with van der Waals surface area (Å²) in [4.78, 5) is 39.1. The number of benzene rings is 2. The van der Waals surface area contributed by atoms with Crippen LogP contribution in [0.25, 0.3) is 22.4 Å². The largest absolute Gasteiger partial charge is 0.378 e. The van der Waals surface area contributed by atoms with Gasteiger partial charge in [0.15, 0.2) is 11.5 Å². The van der Waals surface area contributed by atoms with Gasteiger partial charge in [-0.2, -0.15) is 5.10 Å². The van der Waals surface area contributed by atoms with Crippen molar-refractivity contribution in [2.45, 2.75) is 25.8 Å². The van der Waals surface area contributed by atoms with Gasteiger partial charge in [-0.05, 0) is 56.2 Å². The summed E-state index contributed by atoms with van der Waals surface area (Å²) < 4.78 is 7.61. The van der Waals surface area contributed by atoms with E-state index in [-0.39, 0.29) is 18.0 Å². The first-order valence-electron chi connectivity index (χ1n) is 14.2. The summed E-state index contributed by atoms with van der Waals surface area (Å²) in [5.41, 5.74) is 3.04. The Morgan fingerprint density at radius 1 is 0.951 bits per heavy atom. The molecule has 41 heavy (non-hydrogen) atoms. The summed E-state index contributed by atoms with van der Waals surface area (Å²) in [6, 6.07) is 16.9. The molecule has 4 heterocycles. The second-order valence-electron chi connectivity index (χ2n) is 10.2. The normalized spacial score (nSPS) is 16.1. The Kier molecular flexibility index (Phi) is 7.77. The SMILES string of the molecule is CCNC(=O)Nc1ccc(-c2nc(N3CCOCC3)c3cnn(C4CCN(C(=O)c5ccccc5)CC4)c3n2)cc1. The molecule has 0 bridgehead atoms. The summed E-state index contributed by atoms with van der Waals surface area (Å²) in [5.74, 6) is 1.52. The molecule has 2 aliphatic heterocycles. The highest BCUT2D eigenvalue weighted by Gasteiger charge is 2.28. The number of rotatable bonds is 6. The molecule has 0 unspecified atom stereocenters. The summed E-state index contributed by atoms with van der Waals surface area (Å²) >= 11 is 0. The summed E-state index contributed by atoms with van der Waals surface area (Å²) in [5, 5.41) is 11.3. The zero-order valence-corrected chi connectivity index (χ0v) is 23.1. The number of likely N-dealkylation sites (tertiary alicyclic amines) is 1. The molecule has 2 aromatic heterocycles. The molecule has 0 atom stereocenters. The van der Waals surface area contributed by atoms with Crippen LogP contribution >= 0.6 is 0 Å². The van der Waals surface area contributed by atoms with Crippen LogP contribution in [0.2, 0.25) is 0 Å². The maximum atomic E-state index is 13.0. The summed E-state index contributed by atoms with van der Waals surface area (Å²) in [6.45, 7) is 6.52. The zero-order chi connectivity index (χ0) is 28.2. The highest BCUT2D eigenvalue weighted by atomic mass is 16.5. The van der Waals surface area contributed by atoms with Gasteiger partial charge in [-0.1, -0.05) is 18.2 Å². The van der Waals surface area contributed by atoms with Gasteiger partial charge < -0.3 is 25.2 Å². The maximum absolute atomic E-state index is 13.0. The fourth-order valence-corrected chi connectivity index (χ4v) is 5.44. The van der Waals surface area contributed by atoms with Gasteiger partial charge in [-0.15, -0.1) is 0 Å². The van der Waals surface area contributed by atoms with Crippen LogP contribution in [-0.4, -0.2) is 82.5 Å². The number of urea groups is 1. The lowest BCUT2D eigenvalue weighted by Gasteiger charge is -2.32. The van der Waals surface area contributed by atoms with E-state index in [1.807, 2.05) is 77.3 Å². The van der Waals surface area contributed by atoms with Gasteiger partial charge in [0.2, 0.25) is 0 Å². The van der Waals surface area contributed by atoms with E-state index < -0.39 is 0 Å². The van der Waals surface area contributed by atoms with Crippen molar-refractivity contribution in [2.75, 3.05) is 56.2 Å². The third-order valence-corrected chi connectivity index (χ3v) is 7.60. The third kappa shape index (κ3) is 5.71. The molecule has 2 aliphatic rings. The average Bonchev–Trinajstić information content (AvgIpc) is 3.46. The zero-order valence-electron chi connectivity index (χ0n) is 23.1. The first-order chi connectivity index (χ1) is 20.1. The first kappa shape index (κ1) is 26.7. The quantitative estimate of drug-likeness (QED) is 0.371. The Bertz CT molecular complexity index is 1510. The molecule has 2 aromatic carbocycles. The fourth-order valence-electron chi connectivity index (χ4n) is 5.44. The smallest absolute Gasteiger partial charge is 0.319 e. The summed E-state index contributed by atoms with van der Waals surface area (Å²) in [6.07, 6.45) is 3.45. The number of piperidine rings is 1. The molecular formula is C30H34N8O3. The molecule has 0 aliphatic carbocycles. The lowest BCUT2D eigenvalue weighted by atomic mass is 10.0. The van der Waals surface area contributed by atoms with Gasteiger partial charge in [-0.25, -0.2) is 19.4 Å². The number of hydrogen-bond donors (Lipinski definition) is 2. The molecule has 2 N–H and O–H groups in total.